The highest BCUT2D eigenvalue weighted by Crippen LogP contribution is 2.43. The molecule has 0 heterocycles. The lowest BCUT2D eigenvalue weighted by Crippen LogP contribution is -2.42. The second-order valence-corrected chi connectivity index (χ2v) is 9.13. The molecule has 1 saturated carbocycles. The second kappa shape index (κ2) is 9.21. The van der Waals surface area contributed by atoms with Gasteiger partial charge in [-0.1, -0.05) is 62.9 Å². The van der Waals surface area contributed by atoms with Crippen LogP contribution in [0.2, 0.25) is 5.02 Å². The van der Waals surface area contributed by atoms with Crippen molar-refractivity contribution in [2.75, 3.05) is 11.9 Å². The Morgan fingerprint density at radius 2 is 1.72 bits per heavy atom. The van der Waals surface area contributed by atoms with Crippen LogP contribution in [0.25, 0.3) is 0 Å². The van der Waals surface area contributed by atoms with Gasteiger partial charge in [0, 0.05) is 10.7 Å². The van der Waals surface area contributed by atoms with Gasteiger partial charge in [0.1, 0.15) is 5.75 Å². The van der Waals surface area contributed by atoms with Crippen molar-refractivity contribution in [1.82, 2.24) is 0 Å². The normalized spacial score (nSPS) is 15.9. The van der Waals surface area contributed by atoms with Crippen LogP contribution < -0.4 is 10.1 Å². The number of halogens is 1. The first-order valence-corrected chi connectivity index (χ1v) is 11.0. The molecule has 0 unspecified atom stereocenters. The van der Waals surface area contributed by atoms with Gasteiger partial charge in [-0.25, -0.2) is 0 Å². The summed E-state index contributed by atoms with van der Waals surface area (Å²) in [5, 5.41) is 3.87. The number of amides is 1. The van der Waals surface area contributed by atoms with E-state index in [1.165, 1.54) is 6.42 Å². The molecule has 0 bridgehead atoms. The van der Waals surface area contributed by atoms with Crippen LogP contribution in [0.15, 0.2) is 36.4 Å². The summed E-state index contributed by atoms with van der Waals surface area (Å²) in [7, 11) is 0. The summed E-state index contributed by atoms with van der Waals surface area (Å²) in [5.74, 6) is 1.42. The van der Waals surface area contributed by atoms with E-state index in [1.54, 1.807) is 0 Å². The number of hydrogen-bond donors (Lipinski definition) is 1. The minimum absolute atomic E-state index is 0.0416. The number of anilines is 1. The largest absolute Gasteiger partial charge is 0.493 e. The highest BCUT2D eigenvalue weighted by molar-refractivity contribution is 6.31. The Kier molecular flexibility index (Phi) is 6.89. The smallest absolute Gasteiger partial charge is 0.235 e. The first-order chi connectivity index (χ1) is 13.8. The Hall–Kier alpha value is -2.00. The van der Waals surface area contributed by atoms with Gasteiger partial charge in [0.2, 0.25) is 5.91 Å². The van der Waals surface area contributed by atoms with E-state index >= 15 is 0 Å². The molecule has 1 N–H and O–H groups in total. The minimum Gasteiger partial charge on any atom is -0.493 e. The van der Waals surface area contributed by atoms with Crippen molar-refractivity contribution >= 4 is 23.2 Å². The lowest BCUT2D eigenvalue weighted by Gasteiger charge is -2.37. The zero-order valence-corrected chi connectivity index (χ0v) is 18.7. The van der Waals surface area contributed by atoms with Crippen molar-refractivity contribution in [3.8, 4) is 5.75 Å². The topological polar surface area (TPSA) is 38.3 Å². The summed E-state index contributed by atoms with van der Waals surface area (Å²) in [6, 6.07) is 11.8. The maximum atomic E-state index is 13.6. The molecule has 0 radical (unpaired) electrons. The molecule has 2 aromatic rings. The highest BCUT2D eigenvalue weighted by Gasteiger charge is 2.42. The third-order valence-corrected chi connectivity index (χ3v) is 6.14. The second-order valence-electron chi connectivity index (χ2n) is 8.72. The summed E-state index contributed by atoms with van der Waals surface area (Å²) in [5.41, 5.74) is 3.28. The molecule has 1 fully saturated rings. The number of aryl methyl sites for hydroxylation is 2. The molecule has 156 valence electrons. The molecule has 1 amide bonds. The Bertz CT molecular complexity index is 846. The molecule has 3 rings (SSSR count). The van der Waals surface area contributed by atoms with Gasteiger partial charge in [-0.2, -0.15) is 0 Å². The van der Waals surface area contributed by atoms with Crippen LogP contribution in [0.5, 0.6) is 5.75 Å². The lowest BCUT2D eigenvalue weighted by molar-refractivity contribution is -0.122. The van der Waals surface area contributed by atoms with E-state index in [-0.39, 0.29) is 5.91 Å². The molecular formula is C25H32ClNO2. The zero-order valence-electron chi connectivity index (χ0n) is 18.0. The predicted molar refractivity (Wildman–Crippen MR) is 121 cm³/mol. The van der Waals surface area contributed by atoms with E-state index in [0.717, 1.165) is 53.8 Å². The number of carbonyl (C=O) groups excluding carboxylic acids is 1. The summed E-state index contributed by atoms with van der Waals surface area (Å²) >= 11 is 6.53. The van der Waals surface area contributed by atoms with Crippen molar-refractivity contribution < 1.29 is 9.53 Å². The summed E-state index contributed by atoms with van der Waals surface area (Å²) < 4.78 is 5.98. The molecule has 2 aromatic carbocycles. The third kappa shape index (κ3) is 4.78. The monoisotopic (exact) mass is 413 g/mol. The Morgan fingerprint density at radius 1 is 1.10 bits per heavy atom. The fraction of sp³-hybridized carbons (Fsp3) is 0.480. The first kappa shape index (κ1) is 21.7. The number of nitrogens with one attached hydrogen (secondary N) is 1. The van der Waals surface area contributed by atoms with Crippen molar-refractivity contribution in [2.45, 2.75) is 65.2 Å². The third-order valence-electron chi connectivity index (χ3n) is 5.81. The van der Waals surface area contributed by atoms with Gasteiger partial charge in [-0.05, 0) is 67.5 Å². The molecule has 0 aromatic heterocycles. The van der Waals surface area contributed by atoms with Crippen LogP contribution in [0.3, 0.4) is 0 Å². The van der Waals surface area contributed by atoms with Gasteiger partial charge in [0.25, 0.3) is 0 Å². The molecule has 1 aliphatic rings. The highest BCUT2D eigenvalue weighted by atomic mass is 35.5. The molecule has 0 atom stereocenters. The molecule has 1 aliphatic carbocycles. The average molecular weight is 414 g/mol. The quantitative estimate of drug-likeness (QED) is 0.563. The summed E-state index contributed by atoms with van der Waals surface area (Å²) in [6.45, 7) is 9.02. The van der Waals surface area contributed by atoms with E-state index in [1.807, 2.05) is 50.2 Å². The van der Waals surface area contributed by atoms with Crippen LogP contribution in [0.1, 0.15) is 62.6 Å². The van der Waals surface area contributed by atoms with Crippen LogP contribution in [-0.4, -0.2) is 12.5 Å². The standard InChI is InChI=1S/C25H32ClNO2/c1-17(2)16-29-23-18(3)14-20(15-19(23)4)27-24(28)25(12-8-5-9-13-25)21-10-6-7-11-22(21)26/h6-7,10-11,14-15,17H,5,8-9,12-13,16H2,1-4H3,(H,27,28). The fourth-order valence-electron chi connectivity index (χ4n) is 4.37. The Labute approximate surface area is 179 Å². The minimum atomic E-state index is -0.564. The molecule has 0 saturated heterocycles. The number of benzene rings is 2. The summed E-state index contributed by atoms with van der Waals surface area (Å²) in [6.07, 6.45) is 4.91. The Morgan fingerprint density at radius 3 is 2.31 bits per heavy atom. The fourth-order valence-corrected chi connectivity index (χ4v) is 4.69. The van der Waals surface area contributed by atoms with Crippen LogP contribution in [0, 0.1) is 19.8 Å². The SMILES string of the molecule is Cc1cc(NC(=O)C2(c3ccccc3Cl)CCCCC2)cc(C)c1OCC(C)C. The van der Waals surface area contributed by atoms with E-state index in [4.69, 9.17) is 16.3 Å². The molecule has 4 heteroatoms. The van der Waals surface area contributed by atoms with Crippen LogP contribution >= 0.6 is 11.6 Å². The van der Waals surface area contributed by atoms with Gasteiger partial charge in [-0.3, -0.25) is 4.79 Å². The lowest BCUT2D eigenvalue weighted by atomic mass is 9.68. The van der Waals surface area contributed by atoms with Gasteiger partial charge < -0.3 is 10.1 Å². The van der Waals surface area contributed by atoms with Crippen molar-refractivity contribution in [3.05, 3.63) is 58.1 Å². The molecule has 3 nitrogen and oxygen atoms in total. The molecule has 29 heavy (non-hydrogen) atoms. The van der Waals surface area contributed by atoms with Gasteiger partial charge in [-0.15, -0.1) is 0 Å². The summed E-state index contributed by atoms with van der Waals surface area (Å²) in [4.78, 5) is 13.6. The average Bonchev–Trinajstić information content (AvgIpc) is 2.68. The molecule has 0 spiro atoms. The van der Waals surface area contributed by atoms with Crippen molar-refractivity contribution in [2.24, 2.45) is 5.92 Å². The van der Waals surface area contributed by atoms with E-state index in [0.29, 0.717) is 17.5 Å². The number of carbonyl (C=O) groups is 1. The van der Waals surface area contributed by atoms with E-state index < -0.39 is 5.41 Å². The van der Waals surface area contributed by atoms with Crippen LogP contribution in [-0.2, 0) is 10.2 Å². The maximum Gasteiger partial charge on any atom is 0.235 e. The number of hydrogen-bond acceptors (Lipinski definition) is 2. The molecular weight excluding hydrogens is 382 g/mol. The predicted octanol–water partition coefficient (Wildman–Crippen LogP) is 6.83. The van der Waals surface area contributed by atoms with Gasteiger partial charge in [0.15, 0.2) is 0 Å². The number of rotatable bonds is 6. The Balaban J connectivity index is 1.88. The van der Waals surface area contributed by atoms with Crippen LogP contribution in [0.4, 0.5) is 5.69 Å². The van der Waals surface area contributed by atoms with Crippen molar-refractivity contribution in [1.29, 1.82) is 0 Å². The molecule has 0 aliphatic heterocycles. The van der Waals surface area contributed by atoms with Gasteiger partial charge in [0.05, 0.1) is 12.0 Å². The maximum absolute atomic E-state index is 13.6. The van der Waals surface area contributed by atoms with Gasteiger partial charge >= 0.3 is 0 Å². The zero-order chi connectivity index (χ0) is 21.0. The number of ether oxygens (including phenoxy) is 1. The van der Waals surface area contributed by atoms with Crippen molar-refractivity contribution in [3.63, 3.8) is 0 Å². The van der Waals surface area contributed by atoms with E-state index in [9.17, 15) is 4.79 Å². The first-order valence-electron chi connectivity index (χ1n) is 10.6. The van der Waals surface area contributed by atoms with E-state index in [2.05, 4.69) is 19.2 Å².